The highest BCUT2D eigenvalue weighted by Crippen LogP contribution is 2.21. The van der Waals surface area contributed by atoms with Gasteiger partial charge < -0.3 is 5.73 Å². The lowest BCUT2D eigenvalue weighted by molar-refractivity contribution is 1.06. The zero-order valence-corrected chi connectivity index (χ0v) is 13.7. The molecule has 0 atom stereocenters. The fraction of sp³-hybridized carbons (Fsp3) is 0.0667. The molecule has 2 aromatic carbocycles. The Morgan fingerprint density at radius 1 is 1.24 bits per heavy atom. The van der Waals surface area contributed by atoms with Gasteiger partial charge in [-0.15, -0.1) is 0 Å². The molecule has 0 aliphatic heterocycles. The van der Waals surface area contributed by atoms with Crippen molar-refractivity contribution < 1.29 is 0 Å². The number of hydrazone groups is 1. The van der Waals surface area contributed by atoms with Gasteiger partial charge in [0.1, 0.15) is 0 Å². The molecule has 0 aliphatic carbocycles. The summed E-state index contributed by atoms with van der Waals surface area (Å²) in [5.74, 6) is 0. The van der Waals surface area contributed by atoms with E-state index in [0.29, 0.717) is 20.7 Å². The molecule has 0 aliphatic rings. The molecular weight excluding hydrogens is 322 g/mol. The van der Waals surface area contributed by atoms with Crippen molar-refractivity contribution in [3.05, 3.63) is 64.7 Å². The van der Waals surface area contributed by atoms with Crippen molar-refractivity contribution in [1.82, 2.24) is 5.43 Å². The average molecular weight is 336 g/mol. The van der Waals surface area contributed by atoms with Crippen molar-refractivity contribution in [3.8, 4) is 0 Å². The second kappa shape index (κ2) is 7.45. The molecule has 0 spiro atoms. The van der Waals surface area contributed by atoms with Crippen molar-refractivity contribution in [2.24, 2.45) is 5.10 Å². The summed E-state index contributed by atoms with van der Waals surface area (Å²) in [6, 6.07) is 15.1. The van der Waals surface area contributed by atoms with Crippen LogP contribution in [0, 0.1) is 0 Å². The fourth-order valence-corrected chi connectivity index (χ4v) is 2.11. The van der Waals surface area contributed by atoms with E-state index in [0.717, 1.165) is 11.1 Å². The number of halogens is 1. The molecular formula is C15H14ClN3S2. The highest BCUT2D eigenvalue weighted by Gasteiger charge is 2.11. The van der Waals surface area contributed by atoms with Crippen molar-refractivity contribution in [3.63, 3.8) is 0 Å². The SMILES string of the molecule is CSC(=S)NN=C(c1ccccc1)c1cc(Cl)ccc1N. The quantitative estimate of drug-likeness (QED) is 0.386. The van der Waals surface area contributed by atoms with Gasteiger partial charge in [0.05, 0.1) is 5.71 Å². The summed E-state index contributed by atoms with van der Waals surface area (Å²) in [5, 5.41) is 5.01. The lowest BCUT2D eigenvalue weighted by atomic mass is 10.0. The van der Waals surface area contributed by atoms with Crippen LogP contribution in [0.4, 0.5) is 5.69 Å². The van der Waals surface area contributed by atoms with E-state index >= 15 is 0 Å². The molecule has 0 unspecified atom stereocenters. The molecule has 0 amide bonds. The Hall–Kier alpha value is -1.56. The Bertz CT molecular complexity index is 672. The smallest absolute Gasteiger partial charge is 0.153 e. The van der Waals surface area contributed by atoms with Crippen LogP contribution in [0.25, 0.3) is 0 Å². The van der Waals surface area contributed by atoms with E-state index < -0.39 is 0 Å². The second-order valence-electron chi connectivity index (χ2n) is 4.16. The van der Waals surface area contributed by atoms with Crippen LogP contribution in [-0.4, -0.2) is 16.3 Å². The van der Waals surface area contributed by atoms with Crippen LogP contribution in [0.3, 0.4) is 0 Å². The summed E-state index contributed by atoms with van der Waals surface area (Å²) in [4.78, 5) is 0. The molecule has 21 heavy (non-hydrogen) atoms. The van der Waals surface area contributed by atoms with Crippen LogP contribution in [-0.2, 0) is 0 Å². The van der Waals surface area contributed by atoms with E-state index in [1.807, 2.05) is 36.6 Å². The molecule has 0 saturated heterocycles. The van der Waals surface area contributed by atoms with Gasteiger partial charge in [0, 0.05) is 21.8 Å². The Labute approximate surface area is 138 Å². The Morgan fingerprint density at radius 3 is 2.62 bits per heavy atom. The predicted octanol–water partition coefficient (Wildman–Crippen LogP) is 3.91. The number of thiocarbonyl (C=S) groups is 1. The molecule has 6 heteroatoms. The summed E-state index contributed by atoms with van der Waals surface area (Å²) < 4.78 is 0.587. The van der Waals surface area contributed by atoms with Gasteiger partial charge in [-0.1, -0.05) is 65.9 Å². The molecule has 0 radical (unpaired) electrons. The molecule has 2 rings (SSSR count). The standard InChI is InChI=1S/C15H14ClN3S2/c1-21-15(20)19-18-14(10-5-3-2-4-6-10)12-9-11(16)7-8-13(12)17/h2-9H,17H2,1H3,(H,19,20). The van der Waals surface area contributed by atoms with Gasteiger partial charge in [-0.05, 0) is 24.5 Å². The van der Waals surface area contributed by atoms with Crippen LogP contribution in [0.5, 0.6) is 0 Å². The number of anilines is 1. The lowest BCUT2D eigenvalue weighted by Gasteiger charge is -2.11. The third-order valence-electron chi connectivity index (χ3n) is 2.76. The van der Waals surface area contributed by atoms with Crippen molar-refractivity contribution >= 4 is 51.3 Å². The van der Waals surface area contributed by atoms with Crippen LogP contribution < -0.4 is 11.2 Å². The Kier molecular flexibility index (Phi) is 5.61. The van der Waals surface area contributed by atoms with Crippen molar-refractivity contribution in [2.75, 3.05) is 12.0 Å². The first kappa shape index (κ1) is 15.8. The molecule has 0 fully saturated rings. The maximum atomic E-state index is 6.08. The van der Waals surface area contributed by atoms with Crippen LogP contribution in [0.15, 0.2) is 53.6 Å². The molecule has 0 heterocycles. The van der Waals surface area contributed by atoms with E-state index in [9.17, 15) is 0 Å². The third-order valence-corrected chi connectivity index (χ3v) is 4.05. The number of nitrogen functional groups attached to an aromatic ring is 1. The first-order valence-corrected chi connectivity index (χ1v) is 8.15. The molecule has 0 saturated carbocycles. The fourth-order valence-electron chi connectivity index (χ4n) is 1.76. The highest BCUT2D eigenvalue weighted by molar-refractivity contribution is 8.22. The van der Waals surface area contributed by atoms with Gasteiger partial charge in [-0.3, -0.25) is 5.43 Å². The van der Waals surface area contributed by atoms with Gasteiger partial charge in [0.15, 0.2) is 4.32 Å². The highest BCUT2D eigenvalue weighted by atomic mass is 35.5. The Morgan fingerprint density at radius 2 is 1.95 bits per heavy atom. The third kappa shape index (κ3) is 4.20. The van der Waals surface area contributed by atoms with Crippen molar-refractivity contribution in [2.45, 2.75) is 0 Å². The van der Waals surface area contributed by atoms with Crippen LogP contribution >= 0.6 is 35.6 Å². The Balaban J connectivity index is 2.50. The summed E-state index contributed by atoms with van der Waals surface area (Å²) in [6.45, 7) is 0. The minimum absolute atomic E-state index is 0.587. The summed E-state index contributed by atoms with van der Waals surface area (Å²) in [5.41, 5.74) is 11.9. The topological polar surface area (TPSA) is 50.4 Å². The zero-order chi connectivity index (χ0) is 15.2. The first-order valence-electron chi connectivity index (χ1n) is 6.14. The number of hydrogen-bond acceptors (Lipinski definition) is 4. The number of thioether (sulfide) groups is 1. The van der Waals surface area contributed by atoms with Gasteiger partial charge in [-0.25, -0.2) is 0 Å². The van der Waals surface area contributed by atoms with Gasteiger partial charge in [0.2, 0.25) is 0 Å². The number of benzene rings is 2. The number of nitrogens with two attached hydrogens (primary N) is 1. The summed E-state index contributed by atoms with van der Waals surface area (Å²) >= 11 is 12.6. The molecule has 108 valence electrons. The van der Waals surface area contributed by atoms with E-state index in [1.165, 1.54) is 11.8 Å². The molecule has 3 nitrogen and oxygen atoms in total. The summed E-state index contributed by atoms with van der Waals surface area (Å²) in [6.07, 6.45) is 1.89. The molecule has 0 bridgehead atoms. The number of nitrogens with zero attached hydrogens (tertiary/aromatic N) is 1. The molecule has 0 aromatic heterocycles. The maximum absolute atomic E-state index is 6.08. The van der Waals surface area contributed by atoms with Gasteiger partial charge in [0.25, 0.3) is 0 Å². The molecule has 3 N–H and O–H groups in total. The van der Waals surface area contributed by atoms with Crippen molar-refractivity contribution in [1.29, 1.82) is 0 Å². The van der Waals surface area contributed by atoms with Crippen LogP contribution in [0.2, 0.25) is 5.02 Å². The average Bonchev–Trinajstić information content (AvgIpc) is 2.51. The van der Waals surface area contributed by atoms with E-state index in [1.54, 1.807) is 18.2 Å². The van der Waals surface area contributed by atoms with E-state index in [4.69, 9.17) is 29.6 Å². The normalized spacial score (nSPS) is 11.2. The van der Waals surface area contributed by atoms with E-state index in [-0.39, 0.29) is 0 Å². The van der Waals surface area contributed by atoms with Gasteiger partial charge >= 0.3 is 0 Å². The molecule has 2 aromatic rings. The van der Waals surface area contributed by atoms with Gasteiger partial charge in [-0.2, -0.15) is 5.10 Å². The largest absolute Gasteiger partial charge is 0.398 e. The summed E-state index contributed by atoms with van der Waals surface area (Å²) in [7, 11) is 0. The maximum Gasteiger partial charge on any atom is 0.153 e. The van der Waals surface area contributed by atoms with Crippen LogP contribution in [0.1, 0.15) is 11.1 Å². The number of nitrogens with one attached hydrogen (secondary N) is 1. The lowest BCUT2D eigenvalue weighted by Crippen LogP contribution is -2.16. The monoisotopic (exact) mass is 335 g/mol. The minimum Gasteiger partial charge on any atom is -0.398 e. The zero-order valence-electron chi connectivity index (χ0n) is 11.3. The van der Waals surface area contributed by atoms with E-state index in [2.05, 4.69) is 10.5 Å². The first-order chi connectivity index (χ1) is 10.1. The minimum atomic E-state index is 0.587. The number of rotatable bonds is 3. The predicted molar refractivity (Wildman–Crippen MR) is 97.2 cm³/mol. The second-order valence-corrected chi connectivity index (χ2v) is 6.08. The number of hydrogen-bond donors (Lipinski definition) is 2.